The van der Waals surface area contributed by atoms with Crippen molar-refractivity contribution in [2.45, 2.75) is 13.0 Å². The number of hydrogen-bond donors (Lipinski definition) is 1. The van der Waals surface area contributed by atoms with Gasteiger partial charge in [-0.05, 0) is 35.7 Å². The predicted octanol–water partition coefficient (Wildman–Crippen LogP) is 3.77. The average molecular weight is 380 g/mol. The maximum Gasteiger partial charge on any atom is 0.409 e. The van der Waals surface area contributed by atoms with E-state index in [4.69, 9.17) is 27.9 Å². The van der Waals surface area contributed by atoms with Gasteiger partial charge in [-0.3, -0.25) is 9.78 Å². The number of methoxy groups -OCH3 is 1. The van der Waals surface area contributed by atoms with Gasteiger partial charge in [0.05, 0.1) is 29.9 Å². The fourth-order valence-corrected chi connectivity index (χ4v) is 3.09. The van der Waals surface area contributed by atoms with Crippen molar-refractivity contribution in [3.63, 3.8) is 0 Å². The summed E-state index contributed by atoms with van der Waals surface area (Å²) < 4.78 is 4.75. The van der Waals surface area contributed by atoms with E-state index < -0.39 is 6.09 Å². The van der Waals surface area contributed by atoms with Crippen LogP contribution in [0.3, 0.4) is 0 Å². The van der Waals surface area contributed by atoms with E-state index in [9.17, 15) is 9.59 Å². The van der Waals surface area contributed by atoms with Crippen molar-refractivity contribution in [2.24, 2.45) is 0 Å². The van der Waals surface area contributed by atoms with E-state index in [-0.39, 0.29) is 5.91 Å². The molecule has 0 radical (unpaired) electrons. The number of carbonyl (C=O) groups is 2. The third-order valence-electron chi connectivity index (χ3n) is 3.99. The van der Waals surface area contributed by atoms with Crippen LogP contribution in [0.15, 0.2) is 30.6 Å². The number of halogens is 2. The Morgan fingerprint density at radius 3 is 2.84 bits per heavy atom. The van der Waals surface area contributed by atoms with Crippen molar-refractivity contribution in [1.82, 2.24) is 9.88 Å². The lowest BCUT2D eigenvalue weighted by atomic mass is 9.97. The molecule has 8 heteroatoms. The molecule has 1 aliphatic heterocycles. The quantitative estimate of drug-likeness (QED) is 0.861. The Bertz CT molecular complexity index is 842. The number of benzene rings is 1. The zero-order valence-corrected chi connectivity index (χ0v) is 14.9. The van der Waals surface area contributed by atoms with Gasteiger partial charge in [0.1, 0.15) is 0 Å². The van der Waals surface area contributed by atoms with Gasteiger partial charge in [-0.1, -0.05) is 23.2 Å². The average Bonchev–Trinajstić information content (AvgIpc) is 2.63. The van der Waals surface area contributed by atoms with Crippen LogP contribution in [-0.4, -0.2) is 35.5 Å². The molecule has 25 heavy (non-hydrogen) atoms. The van der Waals surface area contributed by atoms with Crippen LogP contribution in [0, 0.1) is 0 Å². The van der Waals surface area contributed by atoms with Crippen molar-refractivity contribution < 1.29 is 14.3 Å². The molecule has 0 bridgehead atoms. The molecule has 6 nitrogen and oxygen atoms in total. The summed E-state index contributed by atoms with van der Waals surface area (Å²) in [7, 11) is 1.34. The number of rotatable bonds is 2. The number of nitrogens with zero attached hydrogens (tertiary/aromatic N) is 2. The third-order valence-corrected chi connectivity index (χ3v) is 4.56. The Kier molecular flexibility index (Phi) is 5.11. The van der Waals surface area contributed by atoms with Crippen LogP contribution in [0.1, 0.15) is 21.5 Å². The Labute approximate surface area is 154 Å². The molecule has 2 aromatic rings. The van der Waals surface area contributed by atoms with Gasteiger partial charge in [0, 0.05) is 24.0 Å². The number of fused-ring (bicyclic) bond motifs is 1. The van der Waals surface area contributed by atoms with E-state index in [0.717, 1.165) is 11.1 Å². The molecule has 2 amide bonds. The topological polar surface area (TPSA) is 71.5 Å². The van der Waals surface area contributed by atoms with Crippen LogP contribution >= 0.6 is 23.2 Å². The second kappa shape index (κ2) is 7.29. The van der Waals surface area contributed by atoms with Crippen LogP contribution in [0.5, 0.6) is 0 Å². The molecule has 1 N–H and O–H groups in total. The van der Waals surface area contributed by atoms with E-state index in [1.54, 1.807) is 29.3 Å². The van der Waals surface area contributed by atoms with Gasteiger partial charge in [-0.15, -0.1) is 0 Å². The molecule has 0 saturated heterocycles. The first-order valence-corrected chi connectivity index (χ1v) is 8.30. The lowest BCUT2D eigenvalue weighted by Crippen LogP contribution is -2.36. The van der Waals surface area contributed by atoms with Gasteiger partial charge >= 0.3 is 6.09 Å². The minimum atomic E-state index is -0.397. The van der Waals surface area contributed by atoms with Crippen LogP contribution in [-0.2, 0) is 17.7 Å². The number of anilines is 1. The van der Waals surface area contributed by atoms with Gasteiger partial charge in [0.15, 0.2) is 0 Å². The largest absolute Gasteiger partial charge is 0.453 e. The summed E-state index contributed by atoms with van der Waals surface area (Å²) in [4.78, 5) is 30.0. The highest BCUT2D eigenvalue weighted by Gasteiger charge is 2.25. The second-order valence-corrected chi connectivity index (χ2v) is 6.39. The Hall–Kier alpha value is -2.31. The molecular formula is C17H15Cl2N3O3. The van der Waals surface area contributed by atoms with E-state index in [2.05, 4.69) is 10.3 Å². The van der Waals surface area contributed by atoms with Crippen LogP contribution < -0.4 is 5.32 Å². The van der Waals surface area contributed by atoms with Crippen molar-refractivity contribution in [2.75, 3.05) is 19.0 Å². The van der Waals surface area contributed by atoms with Gasteiger partial charge in [-0.2, -0.15) is 0 Å². The van der Waals surface area contributed by atoms with Crippen molar-refractivity contribution in [3.05, 3.63) is 57.3 Å². The second-order valence-electron chi connectivity index (χ2n) is 5.54. The number of pyridine rings is 1. The van der Waals surface area contributed by atoms with Crippen molar-refractivity contribution >= 4 is 40.9 Å². The number of hydrogen-bond acceptors (Lipinski definition) is 4. The summed E-state index contributed by atoms with van der Waals surface area (Å²) in [6.45, 7) is 0.829. The first kappa shape index (κ1) is 17.5. The maximum atomic E-state index is 12.7. The smallest absolute Gasteiger partial charge is 0.409 e. The SMILES string of the molecule is COC(=O)N1CCc2c(cncc2C(=O)Nc2cc(Cl)ccc2Cl)C1. The van der Waals surface area contributed by atoms with Gasteiger partial charge in [0.25, 0.3) is 5.91 Å². The van der Waals surface area contributed by atoms with E-state index in [1.807, 2.05) is 0 Å². The zero-order valence-electron chi connectivity index (χ0n) is 13.4. The first-order valence-electron chi connectivity index (χ1n) is 7.54. The summed E-state index contributed by atoms with van der Waals surface area (Å²) in [6, 6.07) is 4.85. The van der Waals surface area contributed by atoms with Crippen LogP contribution in [0.25, 0.3) is 0 Å². The van der Waals surface area contributed by atoms with Crippen molar-refractivity contribution in [3.8, 4) is 0 Å². The Balaban J connectivity index is 1.85. The molecule has 0 unspecified atom stereocenters. The standard InChI is InChI=1S/C17H15Cl2N3O3/c1-25-17(24)22-5-4-12-10(9-22)7-20-8-13(12)16(23)21-15-6-11(18)2-3-14(15)19/h2-3,6-8H,4-5,9H2,1H3,(H,21,23). The summed E-state index contributed by atoms with van der Waals surface area (Å²) >= 11 is 12.0. The molecule has 0 atom stereocenters. The van der Waals surface area contributed by atoms with Crippen molar-refractivity contribution in [1.29, 1.82) is 0 Å². The summed E-state index contributed by atoms with van der Waals surface area (Å²) in [5.74, 6) is -0.319. The van der Waals surface area contributed by atoms with Gasteiger partial charge < -0.3 is 15.0 Å². The summed E-state index contributed by atoms with van der Waals surface area (Å²) in [5, 5.41) is 3.63. The number of aromatic nitrogens is 1. The minimum Gasteiger partial charge on any atom is -0.453 e. The molecule has 0 aliphatic carbocycles. The lowest BCUT2D eigenvalue weighted by Gasteiger charge is -2.28. The van der Waals surface area contributed by atoms with E-state index in [0.29, 0.717) is 40.8 Å². The first-order chi connectivity index (χ1) is 12.0. The normalized spacial score (nSPS) is 13.2. The number of carbonyl (C=O) groups excluding carboxylic acids is 2. The molecule has 1 aromatic carbocycles. The highest BCUT2D eigenvalue weighted by Crippen LogP contribution is 2.27. The number of ether oxygens (including phenoxy) is 1. The van der Waals surface area contributed by atoms with E-state index >= 15 is 0 Å². The molecule has 0 fully saturated rings. The van der Waals surface area contributed by atoms with Gasteiger partial charge in [0.2, 0.25) is 0 Å². The Morgan fingerprint density at radius 2 is 2.08 bits per heavy atom. The third kappa shape index (κ3) is 3.70. The van der Waals surface area contributed by atoms with Crippen LogP contribution in [0.4, 0.5) is 10.5 Å². The van der Waals surface area contributed by atoms with Gasteiger partial charge in [-0.25, -0.2) is 4.79 Å². The van der Waals surface area contributed by atoms with Crippen LogP contribution in [0.2, 0.25) is 10.0 Å². The molecule has 1 aromatic heterocycles. The number of nitrogens with one attached hydrogen (secondary N) is 1. The summed E-state index contributed by atoms with van der Waals surface area (Å²) in [5.41, 5.74) is 2.58. The maximum absolute atomic E-state index is 12.7. The minimum absolute atomic E-state index is 0.319. The molecule has 130 valence electrons. The fourth-order valence-electron chi connectivity index (χ4n) is 2.76. The molecule has 1 aliphatic rings. The highest BCUT2D eigenvalue weighted by molar-refractivity contribution is 6.35. The summed E-state index contributed by atoms with van der Waals surface area (Å²) in [6.07, 6.45) is 3.32. The monoisotopic (exact) mass is 379 g/mol. The highest BCUT2D eigenvalue weighted by atomic mass is 35.5. The Morgan fingerprint density at radius 1 is 1.28 bits per heavy atom. The molecular weight excluding hydrogens is 365 g/mol. The number of amides is 2. The van der Waals surface area contributed by atoms with E-state index in [1.165, 1.54) is 13.3 Å². The fraction of sp³-hybridized carbons (Fsp3) is 0.235. The molecule has 0 spiro atoms. The zero-order chi connectivity index (χ0) is 18.0. The predicted molar refractivity (Wildman–Crippen MR) is 95.2 cm³/mol. The molecule has 2 heterocycles. The molecule has 0 saturated carbocycles. The lowest BCUT2D eigenvalue weighted by molar-refractivity contribution is 0.102. The molecule has 3 rings (SSSR count).